The van der Waals surface area contributed by atoms with Crippen LogP contribution in [0, 0.1) is 6.92 Å². The summed E-state index contributed by atoms with van der Waals surface area (Å²) in [5.74, 6) is 0.412. The SMILES string of the molecule is CN=Cc1ccccc1Pc1cc(C(C)(C)C)cc(C)c1O. The van der Waals surface area contributed by atoms with Crippen molar-refractivity contribution in [1.29, 1.82) is 0 Å². The summed E-state index contributed by atoms with van der Waals surface area (Å²) in [6.07, 6.45) is 1.87. The number of rotatable bonds is 3. The first kappa shape index (κ1) is 16.7. The molecule has 0 aliphatic rings. The van der Waals surface area contributed by atoms with Crippen molar-refractivity contribution < 1.29 is 5.11 Å². The lowest BCUT2D eigenvalue weighted by Gasteiger charge is -2.22. The number of aromatic hydroxyl groups is 1. The fourth-order valence-electron chi connectivity index (χ4n) is 2.32. The summed E-state index contributed by atoms with van der Waals surface area (Å²) in [6.45, 7) is 8.56. The molecule has 1 unspecified atom stereocenters. The Morgan fingerprint density at radius 2 is 1.77 bits per heavy atom. The van der Waals surface area contributed by atoms with Crippen LogP contribution in [0.25, 0.3) is 0 Å². The van der Waals surface area contributed by atoms with E-state index >= 15 is 0 Å². The van der Waals surface area contributed by atoms with E-state index in [1.165, 1.54) is 10.9 Å². The van der Waals surface area contributed by atoms with Gasteiger partial charge in [-0.25, -0.2) is 0 Å². The van der Waals surface area contributed by atoms with Gasteiger partial charge in [-0.1, -0.05) is 59.7 Å². The first-order chi connectivity index (χ1) is 10.3. The molecule has 0 aliphatic heterocycles. The molecule has 0 aliphatic carbocycles. The van der Waals surface area contributed by atoms with E-state index in [9.17, 15) is 5.11 Å². The van der Waals surface area contributed by atoms with E-state index in [0.717, 1.165) is 16.4 Å². The van der Waals surface area contributed by atoms with E-state index in [1.54, 1.807) is 7.05 Å². The number of aliphatic imine (C=N–C) groups is 1. The molecule has 0 saturated carbocycles. The monoisotopic (exact) mass is 313 g/mol. The maximum absolute atomic E-state index is 10.4. The van der Waals surface area contributed by atoms with E-state index in [1.807, 2.05) is 25.3 Å². The second kappa shape index (κ2) is 6.62. The van der Waals surface area contributed by atoms with Crippen molar-refractivity contribution in [2.75, 3.05) is 7.05 Å². The first-order valence-electron chi connectivity index (χ1n) is 7.45. The van der Waals surface area contributed by atoms with Crippen molar-refractivity contribution in [3.05, 3.63) is 53.1 Å². The maximum atomic E-state index is 10.4. The molecule has 3 heteroatoms. The van der Waals surface area contributed by atoms with Gasteiger partial charge in [-0.15, -0.1) is 0 Å². The van der Waals surface area contributed by atoms with Crippen LogP contribution in [0.4, 0.5) is 0 Å². The Hall–Kier alpha value is -1.66. The van der Waals surface area contributed by atoms with Crippen molar-refractivity contribution in [1.82, 2.24) is 0 Å². The van der Waals surface area contributed by atoms with Gasteiger partial charge in [0.05, 0.1) is 0 Å². The molecule has 0 bridgehead atoms. The molecule has 2 aromatic carbocycles. The zero-order valence-electron chi connectivity index (χ0n) is 13.9. The largest absolute Gasteiger partial charge is 0.507 e. The molecule has 0 radical (unpaired) electrons. The van der Waals surface area contributed by atoms with Gasteiger partial charge in [0.25, 0.3) is 0 Å². The van der Waals surface area contributed by atoms with Crippen LogP contribution >= 0.6 is 8.58 Å². The molecule has 0 spiro atoms. The van der Waals surface area contributed by atoms with Crippen LogP contribution in [0.5, 0.6) is 5.75 Å². The summed E-state index contributed by atoms with van der Waals surface area (Å²) in [5.41, 5.74) is 3.38. The highest BCUT2D eigenvalue weighted by Gasteiger charge is 2.18. The van der Waals surface area contributed by atoms with Gasteiger partial charge in [-0.3, -0.25) is 4.99 Å². The molecule has 0 amide bonds. The quantitative estimate of drug-likeness (QED) is 0.680. The molecular formula is C19H24NOP. The van der Waals surface area contributed by atoms with Crippen molar-refractivity contribution in [2.24, 2.45) is 4.99 Å². The van der Waals surface area contributed by atoms with E-state index in [-0.39, 0.29) is 5.41 Å². The van der Waals surface area contributed by atoms with Crippen LogP contribution in [0.2, 0.25) is 0 Å². The molecule has 0 fully saturated rings. The molecule has 2 rings (SSSR count). The molecule has 0 heterocycles. The summed E-state index contributed by atoms with van der Waals surface area (Å²) < 4.78 is 0. The summed E-state index contributed by atoms with van der Waals surface area (Å²) >= 11 is 0. The first-order valence-corrected chi connectivity index (χ1v) is 8.45. The van der Waals surface area contributed by atoms with Crippen LogP contribution in [-0.2, 0) is 5.41 Å². The highest BCUT2D eigenvalue weighted by atomic mass is 31.1. The predicted octanol–water partition coefficient (Wildman–Crippen LogP) is 3.68. The van der Waals surface area contributed by atoms with Gasteiger partial charge in [0, 0.05) is 18.6 Å². The van der Waals surface area contributed by atoms with Crippen molar-refractivity contribution >= 4 is 25.4 Å². The number of phenols is 1. The number of nitrogens with zero attached hydrogens (tertiary/aromatic N) is 1. The van der Waals surface area contributed by atoms with Gasteiger partial charge in [-0.2, -0.15) is 0 Å². The Kier molecular flexibility index (Phi) is 5.03. The van der Waals surface area contributed by atoms with Crippen molar-refractivity contribution in [2.45, 2.75) is 33.1 Å². The molecule has 1 atom stereocenters. The topological polar surface area (TPSA) is 32.6 Å². The van der Waals surface area contributed by atoms with Crippen LogP contribution in [0.1, 0.15) is 37.5 Å². The Bertz CT molecular complexity index is 699. The van der Waals surface area contributed by atoms with E-state index in [0.29, 0.717) is 14.3 Å². The molecule has 0 saturated heterocycles. The number of phenolic OH excluding ortho intramolecular Hbond substituents is 1. The summed E-state index contributed by atoms with van der Waals surface area (Å²) in [7, 11) is 2.19. The van der Waals surface area contributed by atoms with Gasteiger partial charge in [0.1, 0.15) is 5.75 Å². The van der Waals surface area contributed by atoms with Gasteiger partial charge in [0.2, 0.25) is 0 Å². The lowest BCUT2D eigenvalue weighted by Crippen LogP contribution is -2.16. The fourth-order valence-corrected chi connectivity index (χ4v) is 3.62. The van der Waals surface area contributed by atoms with Crippen LogP contribution < -0.4 is 10.6 Å². The lowest BCUT2D eigenvalue weighted by molar-refractivity contribution is 0.474. The minimum Gasteiger partial charge on any atom is -0.507 e. The normalized spacial score (nSPS) is 12.6. The van der Waals surface area contributed by atoms with Gasteiger partial charge < -0.3 is 5.11 Å². The van der Waals surface area contributed by atoms with Crippen LogP contribution in [0.15, 0.2) is 41.4 Å². The second-order valence-corrected chi connectivity index (χ2v) is 7.87. The Labute approximate surface area is 135 Å². The Balaban J connectivity index is 2.48. The van der Waals surface area contributed by atoms with Gasteiger partial charge in [-0.05, 0) is 40.4 Å². The molecule has 0 aromatic heterocycles. The summed E-state index contributed by atoms with van der Waals surface area (Å²) in [5, 5.41) is 12.6. The Morgan fingerprint density at radius 3 is 2.41 bits per heavy atom. The number of hydrogen-bond donors (Lipinski definition) is 1. The van der Waals surface area contributed by atoms with Gasteiger partial charge >= 0.3 is 0 Å². The Morgan fingerprint density at radius 1 is 1.09 bits per heavy atom. The minimum atomic E-state index is 0.0715. The van der Waals surface area contributed by atoms with Crippen molar-refractivity contribution in [3.63, 3.8) is 0 Å². The predicted molar refractivity (Wildman–Crippen MR) is 99.1 cm³/mol. The smallest absolute Gasteiger partial charge is 0.126 e. The second-order valence-electron chi connectivity index (χ2n) is 6.54. The number of hydrogen-bond acceptors (Lipinski definition) is 2. The highest BCUT2D eigenvalue weighted by Crippen LogP contribution is 2.29. The fraction of sp³-hybridized carbons (Fsp3) is 0.316. The third kappa shape index (κ3) is 3.75. The molecule has 116 valence electrons. The zero-order valence-corrected chi connectivity index (χ0v) is 14.9. The average molecular weight is 313 g/mol. The zero-order chi connectivity index (χ0) is 16.3. The molecule has 22 heavy (non-hydrogen) atoms. The van der Waals surface area contributed by atoms with Crippen LogP contribution in [0.3, 0.4) is 0 Å². The minimum absolute atomic E-state index is 0.0715. The molecular weight excluding hydrogens is 289 g/mol. The lowest BCUT2D eigenvalue weighted by atomic mass is 9.86. The third-order valence-corrected chi connectivity index (χ3v) is 5.04. The molecule has 2 nitrogen and oxygen atoms in total. The highest BCUT2D eigenvalue weighted by molar-refractivity contribution is 7.56. The van der Waals surface area contributed by atoms with E-state index < -0.39 is 0 Å². The standard InChI is InChI=1S/C19H24NOP/c1-13-10-15(19(2,3)4)11-17(18(13)21)22-16-9-7-6-8-14(16)12-20-5/h6-12,21-22H,1-5H3. The summed E-state index contributed by atoms with van der Waals surface area (Å²) in [6, 6.07) is 12.4. The molecule has 1 N–H and O–H groups in total. The maximum Gasteiger partial charge on any atom is 0.126 e. The number of benzene rings is 2. The number of aryl methyl sites for hydroxylation is 1. The third-order valence-electron chi connectivity index (χ3n) is 3.66. The molecule has 2 aromatic rings. The summed E-state index contributed by atoms with van der Waals surface area (Å²) in [4.78, 5) is 4.12. The van der Waals surface area contributed by atoms with Gasteiger partial charge in [0.15, 0.2) is 0 Å². The average Bonchev–Trinajstić information content (AvgIpc) is 2.45. The van der Waals surface area contributed by atoms with E-state index in [4.69, 9.17) is 0 Å². The van der Waals surface area contributed by atoms with Crippen molar-refractivity contribution in [3.8, 4) is 5.75 Å². The van der Waals surface area contributed by atoms with E-state index in [2.05, 4.69) is 50.0 Å². The van der Waals surface area contributed by atoms with Crippen LogP contribution in [-0.4, -0.2) is 18.4 Å².